The number of aryl methyl sites for hydroxylation is 1. The van der Waals surface area contributed by atoms with E-state index in [-0.39, 0.29) is 10.7 Å². The van der Waals surface area contributed by atoms with E-state index in [1.807, 2.05) is 6.92 Å². The Kier molecular flexibility index (Phi) is 4.93. The van der Waals surface area contributed by atoms with Gasteiger partial charge in [0.15, 0.2) is 11.7 Å². The van der Waals surface area contributed by atoms with Crippen LogP contribution in [0.15, 0.2) is 32.3 Å². The molecule has 0 bridgehead atoms. The lowest BCUT2D eigenvalue weighted by Gasteiger charge is -2.17. The zero-order valence-corrected chi connectivity index (χ0v) is 14.6. The van der Waals surface area contributed by atoms with Gasteiger partial charge in [-0.25, -0.2) is 0 Å². The molecule has 128 valence electrons. The Morgan fingerprint density at radius 2 is 2.00 bits per heavy atom. The topological polar surface area (TPSA) is 69.0 Å². The molecule has 1 aromatic heterocycles. The summed E-state index contributed by atoms with van der Waals surface area (Å²) in [7, 11) is 3.38. The van der Waals surface area contributed by atoms with Gasteiger partial charge in [0.05, 0.1) is 24.2 Å². The maximum atomic E-state index is 12.3. The monoisotopic (exact) mass is 349 g/mol. The normalized spacial score (nSPS) is 15.1. The fourth-order valence-corrected chi connectivity index (χ4v) is 3.27. The third-order valence-electron chi connectivity index (χ3n) is 3.72. The second-order valence-electron chi connectivity index (χ2n) is 5.62. The molecular formula is C17H19NO5S. The first-order chi connectivity index (χ1) is 11.5. The van der Waals surface area contributed by atoms with Crippen molar-refractivity contribution >= 4 is 28.0 Å². The number of ether oxygens (including phenoxy) is 2. The van der Waals surface area contributed by atoms with E-state index in [4.69, 9.17) is 13.9 Å². The Morgan fingerprint density at radius 3 is 2.62 bits per heavy atom. The van der Waals surface area contributed by atoms with Crippen molar-refractivity contribution in [2.75, 3.05) is 27.3 Å². The Morgan fingerprint density at radius 1 is 1.29 bits per heavy atom. The number of nitrogens with zero attached hydrogens (tertiary/aromatic N) is 1. The van der Waals surface area contributed by atoms with Crippen LogP contribution in [0.4, 0.5) is 4.79 Å². The Bertz CT molecular complexity index is 824. The molecule has 1 aromatic carbocycles. The molecule has 1 aliphatic heterocycles. The highest BCUT2D eigenvalue weighted by Gasteiger charge is 2.27. The summed E-state index contributed by atoms with van der Waals surface area (Å²) in [4.78, 5) is 26.6. The van der Waals surface area contributed by atoms with E-state index >= 15 is 0 Å². The maximum Gasteiger partial charge on any atom is 0.285 e. The van der Waals surface area contributed by atoms with Crippen LogP contribution in [0.25, 0.3) is 11.0 Å². The highest BCUT2D eigenvalue weighted by molar-refractivity contribution is 8.13. The average molecular weight is 349 g/mol. The minimum Gasteiger partial charge on any atom is -0.460 e. The highest BCUT2D eigenvalue weighted by atomic mass is 32.2. The molecule has 0 aliphatic carbocycles. The third-order valence-corrected chi connectivity index (χ3v) is 4.83. The summed E-state index contributed by atoms with van der Waals surface area (Å²) in [5.74, 6) is 0.591. The number of hydrogen-bond acceptors (Lipinski definition) is 6. The van der Waals surface area contributed by atoms with Crippen molar-refractivity contribution < 1.29 is 18.7 Å². The highest BCUT2D eigenvalue weighted by Crippen LogP contribution is 2.38. The van der Waals surface area contributed by atoms with Crippen LogP contribution in [0, 0.1) is 0 Å². The van der Waals surface area contributed by atoms with E-state index in [0.29, 0.717) is 46.8 Å². The number of benzene rings is 1. The van der Waals surface area contributed by atoms with E-state index in [2.05, 4.69) is 0 Å². The van der Waals surface area contributed by atoms with Gasteiger partial charge in [0.2, 0.25) is 0 Å². The lowest BCUT2D eigenvalue weighted by Crippen LogP contribution is -2.17. The van der Waals surface area contributed by atoms with Crippen molar-refractivity contribution in [1.82, 2.24) is 4.90 Å². The average Bonchev–Trinajstić information content (AvgIpc) is 3.08. The SMILES string of the molecule is CCc1cc(=O)c2ccc(SC(=O)N(C)C)c(C3OCCO3)c2o1. The van der Waals surface area contributed by atoms with Crippen LogP contribution in [0.1, 0.15) is 24.5 Å². The van der Waals surface area contributed by atoms with Gasteiger partial charge in [0.1, 0.15) is 11.3 Å². The van der Waals surface area contributed by atoms with Crippen molar-refractivity contribution in [1.29, 1.82) is 0 Å². The number of hydrogen-bond donors (Lipinski definition) is 0. The summed E-state index contributed by atoms with van der Waals surface area (Å²) in [6.45, 7) is 2.84. The number of thioether (sulfide) groups is 1. The van der Waals surface area contributed by atoms with Crippen molar-refractivity contribution in [3.8, 4) is 0 Å². The zero-order valence-electron chi connectivity index (χ0n) is 13.8. The number of carbonyl (C=O) groups is 1. The molecule has 1 aliphatic rings. The summed E-state index contributed by atoms with van der Waals surface area (Å²) >= 11 is 1.06. The standard InChI is InChI=1S/C17H19NO5S/c1-4-10-9-12(19)11-5-6-13(24-17(20)18(2)3)14(15(11)23-10)16-21-7-8-22-16/h5-6,9,16H,4,7-8H2,1-3H3. The quantitative estimate of drug-likeness (QED) is 0.793. The fourth-order valence-electron chi connectivity index (χ4n) is 2.47. The first kappa shape index (κ1) is 17.0. The molecular weight excluding hydrogens is 330 g/mol. The van der Waals surface area contributed by atoms with Gasteiger partial charge in [-0.15, -0.1) is 0 Å². The van der Waals surface area contributed by atoms with Crippen LogP contribution in [0.5, 0.6) is 0 Å². The van der Waals surface area contributed by atoms with E-state index in [1.165, 1.54) is 11.0 Å². The first-order valence-corrected chi connectivity index (χ1v) is 8.55. The molecule has 1 saturated heterocycles. The van der Waals surface area contributed by atoms with Crippen molar-refractivity contribution in [2.45, 2.75) is 24.5 Å². The van der Waals surface area contributed by atoms with Gasteiger partial charge in [-0.2, -0.15) is 0 Å². The minimum atomic E-state index is -0.638. The maximum absolute atomic E-state index is 12.3. The van der Waals surface area contributed by atoms with Crippen molar-refractivity contribution in [2.24, 2.45) is 0 Å². The van der Waals surface area contributed by atoms with Gasteiger partial charge in [-0.05, 0) is 23.9 Å². The summed E-state index contributed by atoms with van der Waals surface area (Å²) < 4.78 is 17.2. The molecule has 2 aromatic rings. The van der Waals surface area contributed by atoms with Gasteiger partial charge in [-0.1, -0.05) is 6.92 Å². The van der Waals surface area contributed by atoms with Crippen LogP contribution >= 0.6 is 11.8 Å². The van der Waals surface area contributed by atoms with Crippen LogP contribution in [0.2, 0.25) is 0 Å². The summed E-state index contributed by atoms with van der Waals surface area (Å²) in [5, 5.41) is 0.338. The molecule has 1 fully saturated rings. The lowest BCUT2D eigenvalue weighted by atomic mass is 10.1. The second-order valence-corrected chi connectivity index (χ2v) is 6.61. The predicted octanol–water partition coefficient (Wildman–Crippen LogP) is 3.17. The fraction of sp³-hybridized carbons (Fsp3) is 0.412. The number of fused-ring (bicyclic) bond motifs is 1. The van der Waals surface area contributed by atoms with Crippen LogP contribution in [-0.2, 0) is 15.9 Å². The van der Waals surface area contributed by atoms with Gasteiger partial charge >= 0.3 is 0 Å². The Balaban J connectivity index is 2.21. The molecule has 2 heterocycles. The van der Waals surface area contributed by atoms with Crippen LogP contribution in [0.3, 0.4) is 0 Å². The Hall–Kier alpha value is -1.83. The third kappa shape index (κ3) is 3.19. The minimum absolute atomic E-state index is 0.108. The Labute approximate surface area is 143 Å². The lowest BCUT2D eigenvalue weighted by molar-refractivity contribution is -0.0455. The van der Waals surface area contributed by atoms with E-state index in [9.17, 15) is 9.59 Å². The predicted molar refractivity (Wildman–Crippen MR) is 91.4 cm³/mol. The summed E-state index contributed by atoms with van der Waals surface area (Å²) in [6, 6.07) is 4.93. The van der Waals surface area contributed by atoms with Crippen molar-refractivity contribution in [3.05, 3.63) is 39.7 Å². The largest absolute Gasteiger partial charge is 0.460 e. The summed E-state index contributed by atoms with van der Waals surface area (Å²) in [5.41, 5.74) is 0.934. The molecule has 6 nitrogen and oxygen atoms in total. The molecule has 0 N–H and O–H groups in total. The second kappa shape index (κ2) is 6.96. The van der Waals surface area contributed by atoms with Gasteiger partial charge in [-0.3, -0.25) is 9.59 Å². The smallest absolute Gasteiger partial charge is 0.285 e. The molecule has 0 saturated carbocycles. The summed E-state index contributed by atoms with van der Waals surface area (Å²) in [6.07, 6.45) is -0.0354. The number of amides is 1. The molecule has 1 amide bonds. The molecule has 24 heavy (non-hydrogen) atoms. The van der Waals surface area contributed by atoms with Gasteiger partial charge in [0.25, 0.3) is 5.24 Å². The van der Waals surface area contributed by atoms with E-state index < -0.39 is 6.29 Å². The molecule has 0 unspecified atom stereocenters. The van der Waals surface area contributed by atoms with Crippen LogP contribution in [-0.4, -0.2) is 37.4 Å². The zero-order chi connectivity index (χ0) is 17.3. The van der Waals surface area contributed by atoms with Crippen LogP contribution < -0.4 is 5.43 Å². The van der Waals surface area contributed by atoms with E-state index in [0.717, 1.165) is 11.8 Å². The first-order valence-electron chi connectivity index (χ1n) is 7.73. The molecule has 0 atom stereocenters. The molecule has 7 heteroatoms. The van der Waals surface area contributed by atoms with E-state index in [1.54, 1.807) is 26.2 Å². The number of rotatable bonds is 3. The van der Waals surface area contributed by atoms with Gasteiger partial charge < -0.3 is 18.8 Å². The molecule has 0 radical (unpaired) electrons. The molecule has 0 spiro atoms. The molecule has 3 rings (SSSR count). The van der Waals surface area contributed by atoms with Gasteiger partial charge in [0, 0.05) is 31.5 Å². The number of carbonyl (C=O) groups excluding carboxylic acids is 1. The van der Waals surface area contributed by atoms with Crippen molar-refractivity contribution in [3.63, 3.8) is 0 Å².